The molecule has 2 aromatic rings. The molecule has 0 atom stereocenters. The van der Waals surface area contributed by atoms with Crippen LogP contribution in [0.2, 0.25) is 0 Å². The van der Waals surface area contributed by atoms with Gasteiger partial charge in [-0.25, -0.2) is 17.2 Å². The fourth-order valence-corrected chi connectivity index (χ4v) is 4.42. The van der Waals surface area contributed by atoms with Crippen molar-refractivity contribution in [2.75, 3.05) is 26.2 Å². The predicted octanol–water partition coefficient (Wildman–Crippen LogP) is 2.05. The first-order chi connectivity index (χ1) is 13.6. The van der Waals surface area contributed by atoms with Gasteiger partial charge in [0.1, 0.15) is 10.7 Å². The number of amides is 1. The summed E-state index contributed by atoms with van der Waals surface area (Å²) in [6.07, 6.45) is 2.77. The molecule has 29 heavy (non-hydrogen) atoms. The molecule has 0 unspecified atom stereocenters. The summed E-state index contributed by atoms with van der Waals surface area (Å²) in [5, 5.41) is 0. The van der Waals surface area contributed by atoms with Crippen molar-refractivity contribution in [1.82, 2.24) is 14.2 Å². The zero-order valence-corrected chi connectivity index (χ0v) is 16.8. The average Bonchev–Trinajstić information content (AvgIpc) is 2.70. The van der Waals surface area contributed by atoms with Crippen molar-refractivity contribution in [1.29, 1.82) is 0 Å². The third kappa shape index (κ3) is 4.54. The highest BCUT2D eigenvalue weighted by molar-refractivity contribution is 7.89. The second-order valence-corrected chi connectivity index (χ2v) is 9.01. The molecule has 1 aliphatic heterocycles. The summed E-state index contributed by atoms with van der Waals surface area (Å²) < 4.78 is 59.0. The Morgan fingerprint density at radius 2 is 1.83 bits per heavy atom. The van der Waals surface area contributed by atoms with Crippen LogP contribution >= 0.6 is 0 Å². The lowest BCUT2D eigenvalue weighted by atomic mass is 10.1. The number of rotatable bonds is 5. The molecule has 0 aliphatic carbocycles. The van der Waals surface area contributed by atoms with Gasteiger partial charge in [-0.3, -0.25) is 9.78 Å². The zero-order valence-electron chi connectivity index (χ0n) is 16.0. The summed E-state index contributed by atoms with van der Waals surface area (Å²) in [4.78, 5) is 18.2. The summed E-state index contributed by atoms with van der Waals surface area (Å²) in [7, 11) is -3.69. The average molecular weight is 425 g/mol. The molecule has 0 saturated carbocycles. The number of hydrogen-bond acceptors (Lipinski definition) is 5. The minimum atomic E-state index is -3.69. The molecule has 0 spiro atoms. The molecule has 3 rings (SSSR count). The lowest BCUT2D eigenvalue weighted by molar-refractivity contribution is -0.146. The Balaban J connectivity index is 1.66. The summed E-state index contributed by atoms with van der Waals surface area (Å²) in [6, 6.07) is 5.85. The standard InChI is InChI=1S/C19H21F2N3O4S/c1-19(2,28-17-6-5-14(20)12-16(17)21)18(25)23-8-10-24(11-9-23)29(26,27)15-4-3-7-22-13-15/h3-7,12-13H,8-11H2,1-2H3. The highest BCUT2D eigenvalue weighted by atomic mass is 32.2. The molecule has 0 bridgehead atoms. The molecule has 1 saturated heterocycles. The first-order valence-corrected chi connectivity index (χ1v) is 10.4. The van der Waals surface area contributed by atoms with Gasteiger partial charge >= 0.3 is 0 Å². The third-order valence-electron chi connectivity index (χ3n) is 4.57. The lowest BCUT2D eigenvalue weighted by Crippen LogP contribution is -2.56. The van der Waals surface area contributed by atoms with E-state index in [-0.39, 0.29) is 36.8 Å². The number of benzene rings is 1. The molecule has 0 radical (unpaired) electrons. The van der Waals surface area contributed by atoms with Gasteiger partial charge in [0.25, 0.3) is 5.91 Å². The first-order valence-electron chi connectivity index (χ1n) is 8.95. The number of halogens is 2. The quantitative estimate of drug-likeness (QED) is 0.733. The monoisotopic (exact) mass is 425 g/mol. The van der Waals surface area contributed by atoms with Gasteiger partial charge in [-0.1, -0.05) is 0 Å². The van der Waals surface area contributed by atoms with Crippen molar-refractivity contribution >= 4 is 15.9 Å². The van der Waals surface area contributed by atoms with Crippen molar-refractivity contribution in [2.45, 2.75) is 24.3 Å². The topological polar surface area (TPSA) is 79.8 Å². The van der Waals surface area contributed by atoms with Crippen molar-refractivity contribution in [3.05, 3.63) is 54.4 Å². The van der Waals surface area contributed by atoms with Crippen LogP contribution in [0.4, 0.5) is 8.78 Å². The lowest BCUT2D eigenvalue weighted by Gasteiger charge is -2.38. The van der Waals surface area contributed by atoms with E-state index >= 15 is 0 Å². The molecule has 1 aromatic carbocycles. The molecule has 0 N–H and O–H groups in total. The van der Waals surface area contributed by atoms with Crippen LogP contribution in [-0.4, -0.2) is 60.3 Å². The Hall–Kier alpha value is -2.59. The van der Waals surface area contributed by atoms with Gasteiger partial charge < -0.3 is 9.64 Å². The molecule has 1 amide bonds. The van der Waals surface area contributed by atoms with Crippen LogP contribution in [0.15, 0.2) is 47.6 Å². The summed E-state index contributed by atoms with van der Waals surface area (Å²) in [6.45, 7) is 3.52. The molecule has 1 aliphatic rings. The number of piperazine rings is 1. The van der Waals surface area contributed by atoms with E-state index < -0.39 is 33.2 Å². The third-order valence-corrected chi connectivity index (χ3v) is 6.45. The molecular formula is C19H21F2N3O4S. The minimum Gasteiger partial charge on any atom is -0.475 e. The number of hydrogen-bond donors (Lipinski definition) is 0. The van der Waals surface area contributed by atoms with Crippen molar-refractivity contribution in [2.24, 2.45) is 0 Å². The molecule has 10 heteroatoms. The van der Waals surface area contributed by atoms with Crippen LogP contribution < -0.4 is 4.74 Å². The molecule has 1 fully saturated rings. The van der Waals surface area contributed by atoms with E-state index in [9.17, 15) is 22.0 Å². The summed E-state index contributed by atoms with van der Waals surface area (Å²) in [5.41, 5.74) is -1.41. The number of carbonyl (C=O) groups excluding carboxylic acids is 1. The van der Waals surface area contributed by atoms with E-state index in [0.29, 0.717) is 6.07 Å². The Morgan fingerprint density at radius 1 is 1.14 bits per heavy atom. The van der Waals surface area contributed by atoms with Crippen LogP contribution in [0, 0.1) is 11.6 Å². The van der Waals surface area contributed by atoms with Gasteiger partial charge in [0, 0.05) is 44.6 Å². The summed E-state index contributed by atoms with van der Waals surface area (Å²) in [5.74, 6) is -2.30. The number of aromatic nitrogens is 1. The number of nitrogens with zero attached hydrogens (tertiary/aromatic N) is 3. The van der Waals surface area contributed by atoms with Crippen molar-refractivity contribution in [3.63, 3.8) is 0 Å². The van der Waals surface area contributed by atoms with E-state index in [1.807, 2.05) is 0 Å². The highest BCUT2D eigenvalue weighted by Gasteiger charge is 2.38. The van der Waals surface area contributed by atoms with E-state index in [4.69, 9.17) is 4.74 Å². The first kappa shape index (κ1) is 21.1. The molecular weight excluding hydrogens is 404 g/mol. The van der Waals surface area contributed by atoms with Crippen LogP contribution in [0.1, 0.15) is 13.8 Å². The fraction of sp³-hybridized carbons (Fsp3) is 0.368. The maximum absolute atomic E-state index is 13.9. The van der Waals surface area contributed by atoms with E-state index in [0.717, 1.165) is 12.1 Å². The van der Waals surface area contributed by atoms with E-state index in [1.54, 1.807) is 6.07 Å². The van der Waals surface area contributed by atoms with Gasteiger partial charge in [-0.15, -0.1) is 0 Å². The van der Waals surface area contributed by atoms with Gasteiger partial charge in [0.05, 0.1) is 0 Å². The van der Waals surface area contributed by atoms with Crippen molar-refractivity contribution < 1.29 is 26.7 Å². The second-order valence-electron chi connectivity index (χ2n) is 7.07. The van der Waals surface area contributed by atoms with Crippen LogP contribution in [0.3, 0.4) is 0 Å². The van der Waals surface area contributed by atoms with Gasteiger partial charge in [0.2, 0.25) is 10.0 Å². The van der Waals surface area contributed by atoms with Gasteiger partial charge in [-0.2, -0.15) is 4.31 Å². The molecule has 7 nitrogen and oxygen atoms in total. The van der Waals surface area contributed by atoms with Gasteiger partial charge in [0.15, 0.2) is 17.2 Å². The zero-order chi connectivity index (χ0) is 21.2. The normalized spacial score (nSPS) is 15.9. The van der Waals surface area contributed by atoms with Crippen LogP contribution in [0.25, 0.3) is 0 Å². The number of carbonyl (C=O) groups is 1. The summed E-state index contributed by atoms with van der Waals surface area (Å²) >= 11 is 0. The largest absolute Gasteiger partial charge is 0.475 e. The molecule has 156 valence electrons. The number of pyridine rings is 1. The van der Waals surface area contributed by atoms with E-state index in [1.165, 1.54) is 41.5 Å². The highest BCUT2D eigenvalue weighted by Crippen LogP contribution is 2.25. The number of ether oxygens (including phenoxy) is 1. The van der Waals surface area contributed by atoms with Crippen molar-refractivity contribution in [3.8, 4) is 5.75 Å². The minimum absolute atomic E-state index is 0.0928. The molecule has 2 heterocycles. The SMILES string of the molecule is CC(C)(Oc1ccc(F)cc1F)C(=O)N1CCN(S(=O)(=O)c2cccnc2)CC1. The Labute approximate surface area is 168 Å². The Kier molecular flexibility index (Phi) is 5.85. The maximum atomic E-state index is 13.9. The van der Waals surface area contributed by atoms with E-state index in [2.05, 4.69) is 4.98 Å². The smallest absolute Gasteiger partial charge is 0.266 e. The fourth-order valence-electron chi connectivity index (χ4n) is 3.04. The molecule has 1 aromatic heterocycles. The van der Waals surface area contributed by atoms with Gasteiger partial charge in [-0.05, 0) is 38.1 Å². The second kappa shape index (κ2) is 8.03. The number of sulfonamides is 1. The van der Waals surface area contributed by atoms with Crippen LogP contribution in [-0.2, 0) is 14.8 Å². The maximum Gasteiger partial charge on any atom is 0.266 e. The Bertz CT molecular complexity index is 992. The predicted molar refractivity (Wildman–Crippen MR) is 101 cm³/mol. The Morgan fingerprint density at radius 3 is 2.41 bits per heavy atom. The van der Waals surface area contributed by atoms with Crippen LogP contribution in [0.5, 0.6) is 5.75 Å².